The number of anilines is 1. The first-order chi connectivity index (χ1) is 9.10. The first kappa shape index (κ1) is 13.8. The predicted molar refractivity (Wildman–Crippen MR) is 82.6 cm³/mol. The van der Waals surface area contributed by atoms with Gasteiger partial charge in [0.15, 0.2) is 0 Å². The van der Waals surface area contributed by atoms with Crippen molar-refractivity contribution >= 4 is 34.2 Å². The van der Waals surface area contributed by atoms with E-state index in [0.29, 0.717) is 11.4 Å². The maximum absolute atomic E-state index is 12.1. The van der Waals surface area contributed by atoms with Crippen molar-refractivity contribution in [3.63, 3.8) is 0 Å². The second-order valence-corrected chi connectivity index (χ2v) is 5.25. The van der Waals surface area contributed by atoms with Crippen LogP contribution in [-0.4, -0.2) is 18.0 Å². The highest BCUT2D eigenvalue weighted by atomic mass is 127. The van der Waals surface area contributed by atoms with E-state index in [4.69, 9.17) is 4.74 Å². The molecule has 0 aliphatic carbocycles. The maximum atomic E-state index is 12.1. The molecule has 0 bridgehead atoms. The van der Waals surface area contributed by atoms with Gasteiger partial charge in [-0.3, -0.25) is 4.79 Å². The summed E-state index contributed by atoms with van der Waals surface area (Å²) in [4.78, 5) is 16.1. The molecule has 1 amide bonds. The van der Waals surface area contributed by atoms with E-state index in [2.05, 4.69) is 32.9 Å². The lowest BCUT2D eigenvalue weighted by Crippen LogP contribution is -2.13. The minimum absolute atomic E-state index is 0.181. The molecule has 2 aromatic rings. The van der Waals surface area contributed by atoms with Gasteiger partial charge in [0, 0.05) is 21.5 Å². The zero-order valence-corrected chi connectivity index (χ0v) is 12.8. The summed E-state index contributed by atoms with van der Waals surface area (Å²) >= 11 is 2.24. The molecule has 0 atom stereocenters. The summed E-state index contributed by atoms with van der Waals surface area (Å²) in [6.07, 6.45) is 1.50. The standard InChI is InChI=1S/C14H13IN2O2/c1-9-7-11(15)4-5-12(9)17-14(18)10-3-6-13(19-2)16-8-10/h3-8H,1-2H3,(H,17,18). The molecule has 0 aliphatic heterocycles. The van der Waals surface area contributed by atoms with Crippen LogP contribution in [0, 0.1) is 10.5 Å². The Labute approximate surface area is 125 Å². The number of benzene rings is 1. The van der Waals surface area contributed by atoms with E-state index in [1.165, 1.54) is 13.3 Å². The maximum Gasteiger partial charge on any atom is 0.257 e. The van der Waals surface area contributed by atoms with Crippen LogP contribution in [0.15, 0.2) is 36.5 Å². The lowest BCUT2D eigenvalue weighted by Gasteiger charge is -2.08. The first-order valence-corrected chi connectivity index (χ1v) is 6.75. The summed E-state index contributed by atoms with van der Waals surface area (Å²) in [5, 5.41) is 2.87. The van der Waals surface area contributed by atoms with Gasteiger partial charge in [-0.2, -0.15) is 0 Å². The van der Waals surface area contributed by atoms with Gasteiger partial charge >= 0.3 is 0 Å². The minimum Gasteiger partial charge on any atom is -0.481 e. The lowest BCUT2D eigenvalue weighted by atomic mass is 10.2. The molecule has 19 heavy (non-hydrogen) atoms. The van der Waals surface area contributed by atoms with E-state index in [1.54, 1.807) is 12.1 Å². The van der Waals surface area contributed by atoms with Gasteiger partial charge in [0.1, 0.15) is 0 Å². The van der Waals surface area contributed by atoms with Crippen molar-refractivity contribution in [2.24, 2.45) is 0 Å². The predicted octanol–water partition coefficient (Wildman–Crippen LogP) is 3.26. The largest absolute Gasteiger partial charge is 0.481 e. The molecule has 0 saturated heterocycles. The molecule has 98 valence electrons. The number of halogens is 1. The molecule has 2 rings (SSSR count). The molecular formula is C14H13IN2O2. The molecule has 0 spiro atoms. The Balaban J connectivity index is 2.15. The summed E-state index contributed by atoms with van der Waals surface area (Å²) in [5.41, 5.74) is 2.33. The van der Waals surface area contributed by atoms with E-state index in [9.17, 15) is 4.79 Å². The van der Waals surface area contributed by atoms with E-state index in [1.807, 2.05) is 25.1 Å². The zero-order valence-electron chi connectivity index (χ0n) is 10.6. The third-order valence-electron chi connectivity index (χ3n) is 2.64. The number of hydrogen-bond donors (Lipinski definition) is 1. The average Bonchev–Trinajstić information content (AvgIpc) is 2.42. The molecule has 5 heteroatoms. The van der Waals surface area contributed by atoms with E-state index in [0.717, 1.165) is 14.8 Å². The van der Waals surface area contributed by atoms with Gasteiger partial charge in [-0.15, -0.1) is 0 Å². The van der Waals surface area contributed by atoms with Crippen molar-refractivity contribution in [2.75, 3.05) is 12.4 Å². The Kier molecular flexibility index (Phi) is 4.36. The SMILES string of the molecule is COc1ccc(C(=O)Nc2ccc(I)cc2C)cn1. The van der Waals surface area contributed by atoms with Gasteiger partial charge in [-0.25, -0.2) is 4.98 Å². The fourth-order valence-electron chi connectivity index (χ4n) is 1.60. The number of nitrogens with zero attached hydrogens (tertiary/aromatic N) is 1. The fraction of sp³-hybridized carbons (Fsp3) is 0.143. The molecule has 0 fully saturated rings. The van der Waals surface area contributed by atoms with Crippen LogP contribution >= 0.6 is 22.6 Å². The van der Waals surface area contributed by atoms with Crippen LogP contribution in [0.3, 0.4) is 0 Å². The van der Waals surface area contributed by atoms with Crippen molar-refractivity contribution < 1.29 is 9.53 Å². The second kappa shape index (κ2) is 6.01. The van der Waals surface area contributed by atoms with Crippen molar-refractivity contribution in [3.8, 4) is 5.88 Å². The third-order valence-corrected chi connectivity index (χ3v) is 3.32. The van der Waals surface area contributed by atoms with Crippen molar-refractivity contribution in [1.82, 2.24) is 4.98 Å². The van der Waals surface area contributed by atoms with E-state index in [-0.39, 0.29) is 5.91 Å². The summed E-state index contributed by atoms with van der Waals surface area (Å²) in [6, 6.07) is 9.21. The van der Waals surface area contributed by atoms with Gasteiger partial charge in [-0.1, -0.05) is 0 Å². The van der Waals surface area contributed by atoms with Crippen LogP contribution in [0.4, 0.5) is 5.69 Å². The number of carbonyl (C=O) groups is 1. The topological polar surface area (TPSA) is 51.2 Å². The van der Waals surface area contributed by atoms with Crippen LogP contribution < -0.4 is 10.1 Å². The number of methoxy groups -OCH3 is 1. The van der Waals surface area contributed by atoms with Gasteiger partial charge in [0.25, 0.3) is 5.91 Å². The number of ether oxygens (including phenoxy) is 1. The van der Waals surface area contributed by atoms with Crippen LogP contribution in [0.25, 0.3) is 0 Å². The summed E-state index contributed by atoms with van der Waals surface area (Å²) in [6.45, 7) is 1.96. The number of amides is 1. The monoisotopic (exact) mass is 368 g/mol. The molecule has 0 aliphatic rings. The number of aromatic nitrogens is 1. The van der Waals surface area contributed by atoms with Crippen LogP contribution in [0.5, 0.6) is 5.88 Å². The Morgan fingerprint density at radius 2 is 2.11 bits per heavy atom. The quantitative estimate of drug-likeness (QED) is 0.847. The average molecular weight is 368 g/mol. The highest BCUT2D eigenvalue weighted by molar-refractivity contribution is 14.1. The lowest BCUT2D eigenvalue weighted by molar-refractivity contribution is 0.102. The van der Waals surface area contributed by atoms with Gasteiger partial charge in [-0.05, 0) is 59.3 Å². The van der Waals surface area contributed by atoms with Crippen molar-refractivity contribution in [1.29, 1.82) is 0 Å². The number of carbonyl (C=O) groups excluding carboxylic acids is 1. The summed E-state index contributed by atoms with van der Waals surface area (Å²) < 4.78 is 6.09. The normalized spacial score (nSPS) is 10.1. The minimum atomic E-state index is -0.181. The Hall–Kier alpha value is -1.63. The van der Waals surface area contributed by atoms with E-state index >= 15 is 0 Å². The highest BCUT2D eigenvalue weighted by Gasteiger charge is 2.08. The number of nitrogens with one attached hydrogen (secondary N) is 1. The zero-order chi connectivity index (χ0) is 13.8. The van der Waals surface area contributed by atoms with Crippen molar-refractivity contribution in [3.05, 3.63) is 51.2 Å². The number of rotatable bonds is 3. The molecule has 0 saturated carbocycles. The molecule has 1 aromatic carbocycles. The first-order valence-electron chi connectivity index (χ1n) is 5.67. The number of hydrogen-bond acceptors (Lipinski definition) is 3. The smallest absolute Gasteiger partial charge is 0.257 e. The summed E-state index contributed by atoms with van der Waals surface area (Å²) in [7, 11) is 1.54. The second-order valence-electron chi connectivity index (χ2n) is 4.00. The third kappa shape index (κ3) is 3.44. The molecule has 1 heterocycles. The molecule has 4 nitrogen and oxygen atoms in total. The molecule has 1 N–H and O–H groups in total. The highest BCUT2D eigenvalue weighted by Crippen LogP contribution is 2.18. The van der Waals surface area contributed by atoms with Gasteiger partial charge < -0.3 is 10.1 Å². The number of aryl methyl sites for hydroxylation is 1. The summed E-state index contributed by atoms with van der Waals surface area (Å²) in [5.74, 6) is 0.307. The van der Waals surface area contributed by atoms with Gasteiger partial charge in [0.05, 0.1) is 12.7 Å². The molecule has 0 unspecified atom stereocenters. The Bertz CT molecular complexity index is 597. The van der Waals surface area contributed by atoms with Crippen LogP contribution in [0.2, 0.25) is 0 Å². The molecule has 1 aromatic heterocycles. The molecular weight excluding hydrogens is 355 g/mol. The Morgan fingerprint density at radius 3 is 2.68 bits per heavy atom. The molecule has 0 radical (unpaired) electrons. The van der Waals surface area contributed by atoms with E-state index < -0.39 is 0 Å². The van der Waals surface area contributed by atoms with Gasteiger partial charge in [0.2, 0.25) is 5.88 Å². The fourth-order valence-corrected chi connectivity index (χ4v) is 2.24. The number of pyridine rings is 1. The van der Waals surface area contributed by atoms with Crippen molar-refractivity contribution in [2.45, 2.75) is 6.92 Å². The van der Waals surface area contributed by atoms with Crippen LogP contribution in [-0.2, 0) is 0 Å². The Morgan fingerprint density at radius 1 is 1.32 bits per heavy atom. The van der Waals surface area contributed by atoms with Crippen LogP contribution in [0.1, 0.15) is 15.9 Å².